The predicted octanol–water partition coefficient (Wildman–Crippen LogP) is 3.01. The summed E-state index contributed by atoms with van der Waals surface area (Å²) in [6.07, 6.45) is 0. The molecule has 2 aromatic rings. The van der Waals surface area contributed by atoms with Gasteiger partial charge in [-0.3, -0.25) is 0 Å². The summed E-state index contributed by atoms with van der Waals surface area (Å²) in [4.78, 5) is 0. The highest BCUT2D eigenvalue weighted by Crippen LogP contribution is 2.27. The molecule has 0 spiro atoms. The fraction of sp³-hybridized carbons (Fsp3) is 0.286. The second kappa shape index (κ2) is 5.95. The van der Waals surface area contributed by atoms with Gasteiger partial charge in [0.15, 0.2) is 0 Å². The average molecular weight is 310 g/mol. The van der Waals surface area contributed by atoms with Gasteiger partial charge in [-0.15, -0.1) is 11.3 Å². The van der Waals surface area contributed by atoms with E-state index in [9.17, 15) is 8.42 Å². The van der Waals surface area contributed by atoms with Crippen LogP contribution in [0.15, 0.2) is 46.0 Å². The maximum atomic E-state index is 12.4. The third-order valence-corrected chi connectivity index (χ3v) is 5.87. The fourth-order valence-corrected chi connectivity index (χ4v) is 4.42. The summed E-state index contributed by atoms with van der Waals surface area (Å²) < 4.78 is 27.8. The molecule has 1 aromatic carbocycles. The summed E-state index contributed by atoms with van der Waals surface area (Å²) in [7, 11) is -3.54. The van der Waals surface area contributed by atoms with Gasteiger partial charge in [-0.2, -0.15) is 0 Å². The van der Waals surface area contributed by atoms with Gasteiger partial charge in [0.25, 0.3) is 10.0 Å². The average Bonchev–Trinajstić information content (AvgIpc) is 2.84. The highest BCUT2D eigenvalue weighted by Gasteiger charge is 2.24. The van der Waals surface area contributed by atoms with Crippen molar-refractivity contribution in [3.05, 3.63) is 47.3 Å². The van der Waals surface area contributed by atoms with Crippen LogP contribution in [0.1, 0.15) is 25.5 Å². The summed E-state index contributed by atoms with van der Waals surface area (Å²) in [6.45, 7) is 3.98. The molecule has 0 aliphatic carbocycles. The zero-order chi connectivity index (χ0) is 14.8. The van der Waals surface area contributed by atoms with Crippen LogP contribution in [0.3, 0.4) is 0 Å². The molecule has 0 aliphatic heterocycles. The predicted molar refractivity (Wildman–Crippen MR) is 83.1 cm³/mol. The van der Waals surface area contributed by atoms with E-state index in [1.165, 1.54) is 6.07 Å². The first-order chi connectivity index (χ1) is 9.40. The van der Waals surface area contributed by atoms with Gasteiger partial charge in [0, 0.05) is 17.1 Å². The van der Waals surface area contributed by atoms with Crippen LogP contribution in [0.4, 0.5) is 5.69 Å². The molecule has 0 amide bonds. The molecule has 1 atom stereocenters. The second-order valence-corrected chi connectivity index (χ2v) is 7.80. The molecule has 1 unspecified atom stereocenters. The molecule has 0 aliphatic rings. The lowest BCUT2D eigenvalue weighted by molar-refractivity contribution is 0.463. The first-order valence-corrected chi connectivity index (χ1v) is 8.67. The Morgan fingerprint density at radius 1 is 1.20 bits per heavy atom. The molecule has 20 heavy (non-hydrogen) atoms. The lowest BCUT2D eigenvalue weighted by atomic mass is 9.97. The van der Waals surface area contributed by atoms with Crippen LogP contribution in [0, 0.1) is 5.92 Å². The summed E-state index contributed by atoms with van der Waals surface area (Å²) in [5.74, 6) is 0.143. The second-order valence-electron chi connectivity index (χ2n) is 4.95. The molecule has 6 heteroatoms. The lowest BCUT2D eigenvalue weighted by Crippen LogP contribution is -2.31. The molecule has 4 nitrogen and oxygen atoms in total. The Hall–Kier alpha value is -1.37. The molecule has 0 saturated carbocycles. The van der Waals surface area contributed by atoms with Crippen molar-refractivity contribution in [2.75, 3.05) is 5.73 Å². The topological polar surface area (TPSA) is 72.2 Å². The van der Waals surface area contributed by atoms with Gasteiger partial charge < -0.3 is 5.73 Å². The number of benzene rings is 1. The van der Waals surface area contributed by atoms with Crippen LogP contribution in [0.25, 0.3) is 0 Å². The Morgan fingerprint density at radius 2 is 1.85 bits per heavy atom. The Labute approximate surface area is 123 Å². The fourth-order valence-electron chi connectivity index (χ4n) is 1.95. The zero-order valence-electron chi connectivity index (χ0n) is 11.4. The first-order valence-electron chi connectivity index (χ1n) is 6.31. The summed E-state index contributed by atoms with van der Waals surface area (Å²) in [6, 6.07) is 10.8. The molecule has 0 radical (unpaired) electrons. The Kier molecular flexibility index (Phi) is 4.47. The number of anilines is 1. The van der Waals surface area contributed by atoms with Crippen molar-refractivity contribution in [3.63, 3.8) is 0 Å². The van der Waals surface area contributed by atoms with E-state index < -0.39 is 10.0 Å². The Bertz CT molecular complexity index is 663. The van der Waals surface area contributed by atoms with E-state index in [0.717, 1.165) is 16.9 Å². The van der Waals surface area contributed by atoms with Gasteiger partial charge in [0.05, 0.1) is 0 Å². The SMILES string of the molecule is CC(C)C(NS(=O)(=O)c1cc(N)cs1)c1ccccc1. The minimum Gasteiger partial charge on any atom is -0.398 e. The Morgan fingerprint density at radius 3 is 2.35 bits per heavy atom. The van der Waals surface area contributed by atoms with Crippen molar-refractivity contribution in [3.8, 4) is 0 Å². The van der Waals surface area contributed by atoms with E-state index >= 15 is 0 Å². The van der Waals surface area contributed by atoms with Gasteiger partial charge in [-0.1, -0.05) is 44.2 Å². The van der Waals surface area contributed by atoms with Crippen LogP contribution < -0.4 is 10.5 Å². The van der Waals surface area contributed by atoms with Crippen LogP contribution in [0.2, 0.25) is 0 Å². The first kappa shape index (κ1) is 15.0. The van der Waals surface area contributed by atoms with Crippen molar-refractivity contribution < 1.29 is 8.42 Å². The van der Waals surface area contributed by atoms with Crippen molar-refractivity contribution in [2.45, 2.75) is 24.1 Å². The Balaban J connectivity index is 2.29. The standard InChI is InChI=1S/C14H18N2O2S2/c1-10(2)14(11-6-4-3-5-7-11)16-20(17,18)13-8-12(15)9-19-13/h3-10,14,16H,15H2,1-2H3. The van der Waals surface area contributed by atoms with Gasteiger partial charge >= 0.3 is 0 Å². The highest BCUT2D eigenvalue weighted by molar-refractivity contribution is 7.91. The highest BCUT2D eigenvalue weighted by atomic mass is 32.2. The van der Waals surface area contributed by atoms with Gasteiger partial charge in [-0.05, 0) is 17.5 Å². The third kappa shape index (κ3) is 3.39. The normalized spacial score (nSPS) is 13.6. The minimum atomic E-state index is -3.54. The van der Waals surface area contributed by atoms with Gasteiger partial charge in [-0.25, -0.2) is 13.1 Å². The van der Waals surface area contributed by atoms with Gasteiger partial charge in [0.1, 0.15) is 4.21 Å². The largest absolute Gasteiger partial charge is 0.398 e. The molecule has 1 aromatic heterocycles. The molecule has 0 fully saturated rings. The van der Waals surface area contributed by atoms with Crippen LogP contribution >= 0.6 is 11.3 Å². The molecule has 108 valence electrons. The number of nitrogens with two attached hydrogens (primary N) is 1. The number of nitrogen functional groups attached to an aromatic ring is 1. The summed E-state index contributed by atoms with van der Waals surface area (Å²) in [5, 5.41) is 1.63. The van der Waals surface area contributed by atoms with Crippen molar-refractivity contribution in [1.29, 1.82) is 0 Å². The number of hydrogen-bond acceptors (Lipinski definition) is 4. The molecule has 0 saturated heterocycles. The number of hydrogen-bond donors (Lipinski definition) is 2. The number of sulfonamides is 1. The maximum Gasteiger partial charge on any atom is 0.250 e. The number of thiophene rings is 1. The molecule has 0 bridgehead atoms. The molecule has 3 N–H and O–H groups in total. The summed E-state index contributed by atoms with van der Waals surface area (Å²) in [5.41, 5.74) is 7.02. The van der Waals surface area contributed by atoms with E-state index in [2.05, 4.69) is 4.72 Å². The third-order valence-electron chi connectivity index (χ3n) is 2.97. The van der Waals surface area contributed by atoms with Crippen molar-refractivity contribution in [2.24, 2.45) is 5.92 Å². The summed E-state index contributed by atoms with van der Waals surface area (Å²) >= 11 is 1.13. The van der Waals surface area contributed by atoms with E-state index in [-0.39, 0.29) is 16.2 Å². The molecular formula is C14H18N2O2S2. The molecule has 2 rings (SSSR count). The number of nitrogens with one attached hydrogen (secondary N) is 1. The smallest absolute Gasteiger partial charge is 0.250 e. The number of rotatable bonds is 5. The van der Waals surface area contributed by atoms with E-state index in [1.54, 1.807) is 5.38 Å². The van der Waals surface area contributed by atoms with Crippen LogP contribution in [0.5, 0.6) is 0 Å². The van der Waals surface area contributed by atoms with Crippen molar-refractivity contribution >= 4 is 27.0 Å². The van der Waals surface area contributed by atoms with E-state index in [1.807, 2.05) is 44.2 Å². The molecular weight excluding hydrogens is 292 g/mol. The van der Waals surface area contributed by atoms with Crippen molar-refractivity contribution in [1.82, 2.24) is 4.72 Å². The van der Waals surface area contributed by atoms with Crippen LogP contribution in [-0.4, -0.2) is 8.42 Å². The zero-order valence-corrected chi connectivity index (χ0v) is 13.0. The molecule has 1 heterocycles. The van der Waals surface area contributed by atoms with E-state index in [0.29, 0.717) is 5.69 Å². The lowest BCUT2D eigenvalue weighted by Gasteiger charge is -2.22. The van der Waals surface area contributed by atoms with Crippen LogP contribution in [-0.2, 0) is 10.0 Å². The van der Waals surface area contributed by atoms with Gasteiger partial charge in [0.2, 0.25) is 0 Å². The quantitative estimate of drug-likeness (QED) is 0.891. The maximum absolute atomic E-state index is 12.4. The van der Waals surface area contributed by atoms with E-state index in [4.69, 9.17) is 5.73 Å². The minimum absolute atomic E-state index is 0.143. The monoisotopic (exact) mass is 310 g/mol.